The number of hydrogen-bond donors (Lipinski definition) is 0. The van der Waals surface area contributed by atoms with Crippen molar-refractivity contribution in [3.63, 3.8) is 0 Å². The Balaban J connectivity index is 1.34. The maximum absolute atomic E-state index is 2.35. The summed E-state index contributed by atoms with van der Waals surface area (Å²) in [6.07, 6.45) is 0. The fourth-order valence-corrected chi connectivity index (χ4v) is 8.22. The predicted molar refractivity (Wildman–Crippen MR) is 185 cm³/mol. The second-order valence-corrected chi connectivity index (χ2v) is 12.3. The largest absolute Gasteiger partial charge is 0.0881 e. The predicted octanol–water partition coefficient (Wildman–Crippen LogP) is 12.3. The third-order valence-corrected chi connectivity index (χ3v) is 10.1. The van der Waals surface area contributed by atoms with E-state index in [-0.39, 0.29) is 0 Å². The number of hydrogen-bond acceptors (Lipinski definition) is 1. The van der Waals surface area contributed by atoms with Gasteiger partial charge in [-0.25, -0.2) is 0 Å². The van der Waals surface area contributed by atoms with Gasteiger partial charge < -0.3 is 0 Å². The Morgan fingerprint density at radius 2 is 0.884 bits per heavy atom. The summed E-state index contributed by atoms with van der Waals surface area (Å²) in [7, 11) is 0. The van der Waals surface area contributed by atoms with Crippen LogP contribution in [0.25, 0.3) is 76.8 Å². The van der Waals surface area contributed by atoms with E-state index in [1.54, 1.807) is 0 Å². The van der Waals surface area contributed by atoms with Gasteiger partial charge in [0, 0.05) is 15.2 Å². The molecule has 0 atom stereocenters. The lowest BCUT2D eigenvalue weighted by Gasteiger charge is -2.24. The van der Waals surface area contributed by atoms with E-state index in [2.05, 4.69) is 158 Å². The fourth-order valence-electron chi connectivity index (χ4n) is 6.95. The smallest absolute Gasteiger partial charge is 0.0286 e. The van der Waals surface area contributed by atoms with E-state index in [4.69, 9.17) is 0 Å². The maximum atomic E-state index is 2.35. The first-order chi connectivity index (χ1) is 21.3. The van der Waals surface area contributed by atoms with E-state index in [0.717, 1.165) is 0 Å². The van der Waals surface area contributed by atoms with Crippen molar-refractivity contribution in [1.82, 2.24) is 0 Å². The van der Waals surface area contributed by atoms with Crippen LogP contribution in [-0.2, 0) is 0 Å². The third-order valence-electron chi connectivity index (χ3n) is 8.87. The lowest BCUT2D eigenvalue weighted by molar-refractivity contribution is 1.40. The van der Waals surface area contributed by atoms with Gasteiger partial charge in [0.05, 0.1) is 0 Å². The molecule has 43 heavy (non-hydrogen) atoms. The van der Waals surface area contributed by atoms with Crippen LogP contribution in [0.15, 0.2) is 168 Å². The highest BCUT2D eigenvalue weighted by Crippen LogP contribution is 2.53. The highest BCUT2D eigenvalue weighted by molar-refractivity contribution is 8.00. The van der Waals surface area contributed by atoms with Crippen LogP contribution in [-0.4, -0.2) is 0 Å². The van der Waals surface area contributed by atoms with Gasteiger partial charge in [-0.15, -0.1) is 0 Å². The topological polar surface area (TPSA) is 0 Å². The van der Waals surface area contributed by atoms with Gasteiger partial charge in [-0.2, -0.15) is 0 Å². The summed E-state index contributed by atoms with van der Waals surface area (Å²) in [5.74, 6) is 0. The maximum Gasteiger partial charge on any atom is 0.0286 e. The zero-order chi connectivity index (χ0) is 28.3. The lowest BCUT2D eigenvalue weighted by atomic mass is 9.84. The van der Waals surface area contributed by atoms with Gasteiger partial charge >= 0.3 is 0 Å². The van der Waals surface area contributed by atoms with Crippen LogP contribution in [0.4, 0.5) is 0 Å². The molecule has 0 spiro atoms. The molecule has 0 radical (unpaired) electrons. The van der Waals surface area contributed by atoms with Crippen LogP contribution >= 0.6 is 11.8 Å². The minimum atomic E-state index is 1.23. The van der Waals surface area contributed by atoms with E-state index in [0.29, 0.717) is 0 Å². The Kier molecular flexibility index (Phi) is 5.54. The van der Waals surface area contributed by atoms with Crippen LogP contribution in [0.5, 0.6) is 0 Å². The first kappa shape index (κ1) is 24.5. The van der Waals surface area contributed by atoms with Crippen LogP contribution in [0.1, 0.15) is 0 Å². The molecule has 1 aliphatic heterocycles. The Hall–Kier alpha value is -5.11. The summed E-state index contributed by atoms with van der Waals surface area (Å²) in [4.78, 5) is 2.67. The SMILES string of the molecule is c1ccc(-c2ccc(-c3c4ccccc4c(-c4ccc5cccc6c5c4Sc4ccccc4-6)c4ccccc34)cc2)cc1. The number of rotatable bonds is 3. The quantitative estimate of drug-likeness (QED) is 0.193. The first-order valence-corrected chi connectivity index (χ1v) is 15.6. The molecule has 9 rings (SSSR count). The number of benzene rings is 8. The van der Waals surface area contributed by atoms with Crippen molar-refractivity contribution in [2.24, 2.45) is 0 Å². The zero-order valence-corrected chi connectivity index (χ0v) is 24.2. The van der Waals surface area contributed by atoms with Crippen LogP contribution in [0.3, 0.4) is 0 Å². The van der Waals surface area contributed by atoms with Crippen LogP contribution < -0.4 is 0 Å². The molecule has 8 aromatic rings. The van der Waals surface area contributed by atoms with Gasteiger partial charge in [0.15, 0.2) is 0 Å². The summed E-state index contributed by atoms with van der Waals surface area (Å²) in [5, 5.41) is 7.79. The van der Waals surface area contributed by atoms with Crippen molar-refractivity contribution >= 4 is 44.1 Å². The summed E-state index contributed by atoms with van der Waals surface area (Å²) in [6.45, 7) is 0. The molecule has 0 saturated carbocycles. The molecule has 0 aromatic heterocycles. The summed E-state index contributed by atoms with van der Waals surface area (Å²) in [6, 6.07) is 57.8. The molecule has 0 aliphatic carbocycles. The number of fused-ring (bicyclic) bond motifs is 4. The van der Waals surface area contributed by atoms with Gasteiger partial charge in [-0.3, -0.25) is 0 Å². The minimum absolute atomic E-state index is 1.23. The Morgan fingerprint density at radius 1 is 0.326 bits per heavy atom. The Morgan fingerprint density at radius 3 is 1.60 bits per heavy atom. The highest BCUT2D eigenvalue weighted by Gasteiger charge is 2.24. The molecule has 0 bridgehead atoms. The zero-order valence-electron chi connectivity index (χ0n) is 23.4. The van der Waals surface area contributed by atoms with Crippen LogP contribution in [0, 0.1) is 0 Å². The van der Waals surface area contributed by atoms with Crippen molar-refractivity contribution in [1.29, 1.82) is 0 Å². The molecule has 1 heterocycles. The van der Waals surface area contributed by atoms with E-state index in [9.17, 15) is 0 Å². The fraction of sp³-hybridized carbons (Fsp3) is 0. The minimum Gasteiger partial charge on any atom is -0.0881 e. The molecule has 1 heteroatoms. The second-order valence-electron chi connectivity index (χ2n) is 11.2. The normalized spacial score (nSPS) is 12.1. The van der Waals surface area contributed by atoms with Gasteiger partial charge in [-0.05, 0) is 77.5 Å². The molecule has 0 unspecified atom stereocenters. The van der Waals surface area contributed by atoms with E-state index in [1.807, 2.05) is 11.8 Å². The molecule has 0 fully saturated rings. The Bertz CT molecular complexity index is 2290. The second kappa shape index (κ2) is 9.73. The van der Waals surface area contributed by atoms with Gasteiger partial charge in [0.25, 0.3) is 0 Å². The van der Waals surface area contributed by atoms with Gasteiger partial charge in [0.2, 0.25) is 0 Å². The van der Waals surface area contributed by atoms with Crippen molar-refractivity contribution in [3.05, 3.63) is 158 Å². The van der Waals surface area contributed by atoms with Crippen molar-refractivity contribution in [2.45, 2.75) is 9.79 Å². The summed E-state index contributed by atoms with van der Waals surface area (Å²) < 4.78 is 0. The molecule has 0 amide bonds. The Labute approximate surface area is 255 Å². The molecule has 200 valence electrons. The summed E-state index contributed by atoms with van der Waals surface area (Å²) in [5.41, 5.74) is 10.3. The van der Waals surface area contributed by atoms with E-state index in [1.165, 1.54) is 86.6 Å². The van der Waals surface area contributed by atoms with Crippen molar-refractivity contribution in [2.75, 3.05) is 0 Å². The van der Waals surface area contributed by atoms with E-state index >= 15 is 0 Å². The summed E-state index contributed by atoms with van der Waals surface area (Å²) >= 11 is 1.91. The molecule has 0 N–H and O–H groups in total. The molecule has 0 nitrogen and oxygen atoms in total. The monoisotopic (exact) mass is 562 g/mol. The standard InChI is InChI=1S/C42H26S/c1-2-11-27(12-3-1)28-21-23-30(24-22-28)39-33-15-4-6-17-35(33)41(36-18-7-5-16-34(36)39)37-26-25-29-13-10-19-32-31-14-8-9-20-38(31)43-42(37)40(29)32/h1-26H. The molecule has 1 aliphatic rings. The lowest BCUT2D eigenvalue weighted by Crippen LogP contribution is -1.97. The molecule has 0 saturated heterocycles. The van der Waals surface area contributed by atoms with Crippen molar-refractivity contribution < 1.29 is 0 Å². The molecule has 8 aromatic carbocycles. The molecular weight excluding hydrogens is 537 g/mol. The highest BCUT2D eigenvalue weighted by atomic mass is 32.2. The third kappa shape index (κ3) is 3.79. The van der Waals surface area contributed by atoms with Crippen LogP contribution in [0.2, 0.25) is 0 Å². The van der Waals surface area contributed by atoms with Gasteiger partial charge in [0.1, 0.15) is 0 Å². The van der Waals surface area contributed by atoms with E-state index < -0.39 is 0 Å². The average Bonchev–Trinajstić information content (AvgIpc) is 3.08. The molecular formula is C42H26S. The first-order valence-electron chi connectivity index (χ1n) is 14.8. The van der Waals surface area contributed by atoms with Crippen molar-refractivity contribution in [3.8, 4) is 44.5 Å². The average molecular weight is 563 g/mol. The van der Waals surface area contributed by atoms with Gasteiger partial charge in [-0.1, -0.05) is 163 Å².